The van der Waals surface area contributed by atoms with Crippen molar-refractivity contribution < 1.29 is 14.6 Å². The van der Waals surface area contributed by atoms with Gasteiger partial charge < -0.3 is 14.6 Å². The second-order valence-corrected chi connectivity index (χ2v) is 6.12. The third-order valence-corrected chi connectivity index (χ3v) is 4.38. The van der Waals surface area contributed by atoms with E-state index in [1.54, 1.807) is 30.3 Å². The molecule has 0 saturated carbocycles. The van der Waals surface area contributed by atoms with E-state index < -0.39 is 5.63 Å². The minimum absolute atomic E-state index is 0.0244. The largest absolute Gasteiger partial charge is 0.508 e. The highest BCUT2D eigenvalue weighted by Crippen LogP contribution is 2.36. The topological polar surface area (TPSA) is 70.7 Å². The fraction of sp³-hybridized carbons (Fsp3) is 0.0455. The lowest BCUT2D eigenvalue weighted by Gasteiger charge is -2.10. The average Bonchev–Trinajstić information content (AvgIpc) is 2.65. The van der Waals surface area contributed by atoms with Crippen LogP contribution in [0.4, 0.5) is 0 Å². The first-order chi connectivity index (χ1) is 12.6. The van der Waals surface area contributed by atoms with Crippen molar-refractivity contribution in [2.75, 3.05) is 0 Å². The molecule has 0 amide bonds. The van der Waals surface area contributed by atoms with Gasteiger partial charge in [0.2, 0.25) is 0 Å². The van der Waals surface area contributed by atoms with Crippen LogP contribution in [0.15, 0.2) is 82.0 Å². The first-order valence-corrected chi connectivity index (χ1v) is 8.24. The number of rotatable bonds is 3. The maximum atomic E-state index is 12.3. The number of aromatic hydroxyl groups is 2. The fourth-order valence-corrected chi connectivity index (χ4v) is 3.08. The molecule has 26 heavy (non-hydrogen) atoms. The summed E-state index contributed by atoms with van der Waals surface area (Å²) >= 11 is 0. The Hall–Kier alpha value is -3.53. The number of benzene rings is 3. The summed E-state index contributed by atoms with van der Waals surface area (Å²) in [6, 6.07) is 21.6. The minimum atomic E-state index is -0.642. The number of hydrogen-bond donors (Lipinski definition) is 2. The van der Waals surface area contributed by atoms with Crippen LogP contribution in [0, 0.1) is 0 Å². The van der Waals surface area contributed by atoms with Crippen LogP contribution in [-0.2, 0) is 6.42 Å². The molecule has 2 N–H and O–H groups in total. The first kappa shape index (κ1) is 16.0. The third kappa shape index (κ3) is 2.82. The average molecular weight is 344 g/mol. The van der Waals surface area contributed by atoms with E-state index in [0.29, 0.717) is 22.9 Å². The highest BCUT2D eigenvalue weighted by molar-refractivity contribution is 5.91. The summed E-state index contributed by atoms with van der Waals surface area (Å²) in [5, 5.41) is 21.4. The molecular weight excluding hydrogens is 328 g/mol. The predicted molar refractivity (Wildman–Crippen MR) is 100 cm³/mol. The second-order valence-electron chi connectivity index (χ2n) is 6.12. The summed E-state index contributed by atoms with van der Waals surface area (Å²) in [6.07, 6.45) is 0.502. The van der Waals surface area contributed by atoms with Gasteiger partial charge in [-0.2, -0.15) is 0 Å². The molecule has 4 aromatic rings. The zero-order chi connectivity index (χ0) is 18.1. The summed E-state index contributed by atoms with van der Waals surface area (Å²) in [4.78, 5) is 12.3. The van der Waals surface area contributed by atoms with Crippen molar-refractivity contribution in [3.05, 3.63) is 94.3 Å². The molecule has 0 spiro atoms. The van der Waals surface area contributed by atoms with Crippen molar-refractivity contribution in [2.24, 2.45) is 0 Å². The van der Waals surface area contributed by atoms with E-state index in [9.17, 15) is 15.0 Å². The van der Waals surface area contributed by atoms with E-state index in [-0.39, 0.29) is 22.6 Å². The molecule has 0 atom stereocenters. The molecule has 0 aliphatic carbocycles. The molecule has 1 heterocycles. The third-order valence-electron chi connectivity index (χ3n) is 4.38. The number of fused-ring (bicyclic) bond motifs is 1. The fourth-order valence-electron chi connectivity index (χ4n) is 3.08. The summed E-state index contributed by atoms with van der Waals surface area (Å²) in [7, 11) is 0. The molecule has 128 valence electrons. The molecule has 4 rings (SSSR count). The van der Waals surface area contributed by atoms with Gasteiger partial charge in [-0.05, 0) is 22.8 Å². The number of hydrogen-bond acceptors (Lipinski definition) is 4. The SMILES string of the molecule is O=c1oc2cc(O)c(Cc3ccccc3)cc2c(O)c1-c1ccccc1. The van der Waals surface area contributed by atoms with Crippen LogP contribution >= 0.6 is 0 Å². The van der Waals surface area contributed by atoms with Gasteiger partial charge in [0.05, 0.1) is 5.39 Å². The summed E-state index contributed by atoms with van der Waals surface area (Å²) in [6.45, 7) is 0. The molecule has 0 fully saturated rings. The standard InChI is InChI=1S/C22H16O4/c23-18-13-19-17(12-16(18)11-14-7-3-1-4-8-14)21(24)20(22(25)26-19)15-9-5-2-6-10-15/h1-10,12-13,23-24H,11H2. The molecule has 0 aliphatic heterocycles. The van der Waals surface area contributed by atoms with E-state index in [1.807, 2.05) is 36.4 Å². The smallest absolute Gasteiger partial charge is 0.347 e. The first-order valence-electron chi connectivity index (χ1n) is 8.24. The van der Waals surface area contributed by atoms with Crippen molar-refractivity contribution in [3.8, 4) is 22.6 Å². The molecule has 0 saturated heterocycles. The zero-order valence-corrected chi connectivity index (χ0v) is 13.8. The molecule has 0 radical (unpaired) electrons. The van der Waals surface area contributed by atoms with Gasteiger partial charge in [-0.15, -0.1) is 0 Å². The molecular formula is C22H16O4. The van der Waals surface area contributed by atoms with Gasteiger partial charge in [0.15, 0.2) is 0 Å². The zero-order valence-electron chi connectivity index (χ0n) is 13.8. The normalized spacial score (nSPS) is 10.9. The predicted octanol–water partition coefficient (Wildman–Crippen LogP) is 4.46. The second kappa shape index (κ2) is 6.41. The molecule has 0 bridgehead atoms. The van der Waals surface area contributed by atoms with Crippen molar-refractivity contribution in [1.82, 2.24) is 0 Å². The molecule has 4 nitrogen and oxygen atoms in total. The highest BCUT2D eigenvalue weighted by atomic mass is 16.4. The molecule has 3 aromatic carbocycles. The lowest BCUT2D eigenvalue weighted by molar-refractivity contribution is 0.461. The molecule has 1 aromatic heterocycles. The van der Waals surface area contributed by atoms with Gasteiger partial charge in [0.1, 0.15) is 22.6 Å². The highest BCUT2D eigenvalue weighted by Gasteiger charge is 2.17. The van der Waals surface area contributed by atoms with Crippen LogP contribution in [0.5, 0.6) is 11.5 Å². The maximum absolute atomic E-state index is 12.3. The van der Waals surface area contributed by atoms with Gasteiger partial charge in [0, 0.05) is 12.5 Å². The Morgan fingerprint density at radius 1 is 0.846 bits per heavy atom. The quantitative estimate of drug-likeness (QED) is 0.538. The van der Waals surface area contributed by atoms with E-state index in [0.717, 1.165) is 5.56 Å². The van der Waals surface area contributed by atoms with Crippen molar-refractivity contribution in [3.63, 3.8) is 0 Å². The summed E-state index contributed by atoms with van der Waals surface area (Å²) in [5.74, 6) is -0.117. The molecule has 0 unspecified atom stereocenters. The van der Waals surface area contributed by atoms with E-state index >= 15 is 0 Å². The van der Waals surface area contributed by atoms with Crippen LogP contribution in [0.2, 0.25) is 0 Å². The Morgan fingerprint density at radius 3 is 2.19 bits per heavy atom. The molecule has 0 aliphatic rings. The molecule has 4 heteroatoms. The Bertz CT molecular complexity index is 1130. The van der Waals surface area contributed by atoms with E-state index in [1.165, 1.54) is 6.07 Å². The van der Waals surface area contributed by atoms with Gasteiger partial charge in [-0.25, -0.2) is 4.79 Å². The Morgan fingerprint density at radius 2 is 1.50 bits per heavy atom. The van der Waals surface area contributed by atoms with E-state index in [4.69, 9.17) is 4.42 Å². The van der Waals surface area contributed by atoms with Crippen molar-refractivity contribution in [2.45, 2.75) is 6.42 Å². The van der Waals surface area contributed by atoms with Crippen LogP contribution in [-0.4, -0.2) is 10.2 Å². The van der Waals surface area contributed by atoms with Crippen molar-refractivity contribution in [1.29, 1.82) is 0 Å². The van der Waals surface area contributed by atoms with Crippen LogP contribution in [0.1, 0.15) is 11.1 Å². The van der Waals surface area contributed by atoms with Gasteiger partial charge in [0.25, 0.3) is 0 Å². The maximum Gasteiger partial charge on any atom is 0.347 e. The van der Waals surface area contributed by atoms with Crippen LogP contribution in [0.3, 0.4) is 0 Å². The summed E-state index contributed by atoms with van der Waals surface area (Å²) in [5.41, 5.74) is 1.89. The van der Waals surface area contributed by atoms with Gasteiger partial charge >= 0.3 is 5.63 Å². The van der Waals surface area contributed by atoms with E-state index in [2.05, 4.69) is 0 Å². The lowest BCUT2D eigenvalue weighted by Crippen LogP contribution is -2.04. The van der Waals surface area contributed by atoms with Crippen LogP contribution in [0.25, 0.3) is 22.1 Å². The number of phenols is 1. The van der Waals surface area contributed by atoms with Crippen molar-refractivity contribution >= 4 is 11.0 Å². The Labute approximate surface area is 149 Å². The Balaban J connectivity index is 1.90. The minimum Gasteiger partial charge on any atom is -0.508 e. The van der Waals surface area contributed by atoms with Crippen LogP contribution < -0.4 is 5.63 Å². The van der Waals surface area contributed by atoms with Gasteiger partial charge in [-0.3, -0.25) is 0 Å². The summed E-state index contributed by atoms with van der Waals surface area (Å²) < 4.78 is 5.34. The lowest BCUT2D eigenvalue weighted by atomic mass is 9.99. The Kier molecular flexibility index (Phi) is 3.93. The monoisotopic (exact) mass is 344 g/mol. The van der Waals surface area contributed by atoms with Gasteiger partial charge in [-0.1, -0.05) is 60.7 Å². The number of phenolic OH excluding ortho intramolecular Hbond substituents is 1.